The van der Waals surface area contributed by atoms with Crippen LogP contribution >= 0.6 is 0 Å². The van der Waals surface area contributed by atoms with Gasteiger partial charge in [-0.25, -0.2) is 4.39 Å². The van der Waals surface area contributed by atoms with E-state index in [1.807, 2.05) is 6.07 Å². The number of benzene rings is 1. The Hall–Kier alpha value is -1.09. The smallest absolute Gasteiger partial charge is 0.129 e. The van der Waals surface area contributed by atoms with Crippen molar-refractivity contribution >= 4 is 0 Å². The van der Waals surface area contributed by atoms with Crippen molar-refractivity contribution in [1.29, 1.82) is 0 Å². The average molecular weight is 251 g/mol. The fraction of sp³-hybridized carbons (Fsp3) is 0.600. The molecule has 1 aliphatic rings. The summed E-state index contributed by atoms with van der Waals surface area (Å²) in [5.74, 6) is 0.354. The molecule has 1 aromatic rings. The van der Waals surface area contributed by atoms with Gasteiger partial charge in [-0.2, -0.15) is 0 Å². The molecule has 0 spiro atoms. The second kappa shape index (κ2) is 4.88. The Morgan fingerprint density at radius 1 is 1.39 bits per heavy atom. The Morgan fingerprint density at radius 2 is 2.11 bits per heavy atom. The van der Waals surface area contributed by atoms with Gasteiger partial charge in [0.1, 0.15) is 17.7 Å². The zero-order chi connectivity index (χ0) is 13.3. The predicted molar refractivity (Wildman–Crippen MR) is 71.2 cm³/mol. The Bertz CT molecular complexity index is 431. The van der Waals surface area contributed by atoms with Gasteiger partial charge in [0, 0.05) is 12.1 Å². The number of ether oxygens (including phenoxy) is 1. The summed E-state index contributed by atoms with van der Waals surface area (Å²) in [6.07, 6.45) is 3.16. The first kappa shape index (κ1) is 13.3. The van der Waals surface area contributed by atoms with Gasteiger partial charge in [0.25, 0.3) is 0 Å². The van der Waals surface area contributed by atoms with E-state index in [0.29, 0.717) is 11.3 Å². The maximum Gasteiger partial charge on any atom is 0.129 e. The van der Waals surface area contributed by atoms with Crippen LogP contribution in [0, 0.1) is 18.2 Å². The van der Waals surface area contributed by atoms with E-state index in [4.69, 9.17) is 10.5 Å². The minimum atomic E-state index is -0.226. The van der Waals surface area contributed by atoms with Crippen LogP contribution in [0.3, 0.4) is 0 Å². The number of hydrogen-bond acceptors (Lipinski definition) is 2. The molecule has 100 valence electrons. The third kappa shape index (κ3) is 2.66. The summed E-state index contributed by atoms with van der Waals surface area (Å²) >= 11 is 0. The van der Waals surface area contributed by atoms with E-state index < -0.39 is 0 Å². The molecule has 0 heterocycles. The van der Waals surface area contributed by atoms with Crippen LogP contribution in [-0.2, 0) is 0 Å². The van der Waals surface area contributed by atoms with Crippen LogP contribution in [0.15, 0.2) is 18.2 Å². The Kier molecular flexibility index (Phi) is 3.62. The first-order valence-corrected chi connectivity index (χ1v) is 6.58. The molecule has 0 saturated heterocycles. The van der Waals surface area contributed by atoms with Gasteiger partial charge in [0.05, 0.1) is 0 Å². The van der Waals surface area contributed by atoms with Crippen molar-refractivity contribution in [3.05, 3.63) is 29.6 Å². The van der Waals surface area contributed by atoms with Crippen LogP contribution in [0.1, 0.15) is 38.7 Å². The molecule has 1 aromatic carbocycles. The number of nitrogens with two attached hydrogens (primary N) is 1. The van der Waals surface area contributed by atoms with Crippen LogP contribution in [0.5, 0.6) is 5.75 Å². The minimum Gasteiger partial charge on any atom is -0.489 e. The Balaban J connectivity index is 2.11. The van der Waals surface area contributed by atoms with E-state index in [9.17, 15) is 4.39 Å². The van der Waals surface area contributed by atoms with Crippen molar-refractivity contribution in [2.45, 2.75) is 52.2 Å². The monoisotopic (exact) mass is 251 g/mol. The molecular weight excluding hydrogens is 229 g/mol. The molecule has 2 atom stereocenters. The van der Waals surface area contributed by atoms with E-state index in [1.54, 1.807) is 13.0 Å². The van der Waals surface area contributed by atoms with Crippen molar-refractivity contribution in [2.24, 2.45) is 11.1 Å². The highest BCUT2D eigenvalue weighted by molar-refractivity contribution is 5.28. The van der Waals surface area contributed by atoms with Gasteiger partial charge in [-0.15, -0.1) is 0 Å². The van der Waals surface area contributed by atoms with Gasteiger partial charge >= 0.3 is 0 Å². The van der Waals surface area contributed by atoms with Crippen molar-refractivity contribution in [3.63, 3.8) is 0 Å². The van der Waals surface area contributed by atoms with Gasteiger partial charge < -0.3 is 10.5 Å². The SMILES string of the molecule is Cc1ccc(OC2CCCC(C)(C)C2N)cc1F. The summed E-state index contributed by atoms with van der Waals surface area (Å²) in [7, 11) is 0. The zero-order valence-corrected chi connectivity index (χ0v) is 11.4. The molecule has 2 nitrogen and oxygen atoms in total. The molecule has 0 bridgehead atoms. The lowest BCUT2D eigenvalue weighted by atomic mass is 9.72. The first-order valence-electron chi connectivity index (χ1n) is 6.58. The molecule has 0 amide bonds. The summed E-state index contributed by atoms with van der Waals surface area (Å²) in [4.78, 5) is 0. The van der Waals surface area contributed by atoms with Gasteiger partial charge in [-0.05, 0) is 43.2 Å². The van der Waals surface area contributed by atoms with Crippen LogP contribution in [0.2, 0.25) is 0 Å². The fourth-order valence-corrected chi connectivity index (χ4v) is 2.56. The molecule has 18 heavy (non-hydrogen) atoms. The van der Waals surface area contributed by atoms with E-state index in [1.165, 1.54) is 6.07 Å². The van der Waals surface area contributed by atoms with Crippen molar-refractivity contribution in [1.82, 2.24) is 0 Å². The molecule has 2 unspecified atom stereocenters. The highest BCUT2D eigenvalue weighted by Crippen LogP contribution is 2.36. The molecule has 0 aliphatic heterocycles. The Morgan fingerprint density at radius 3 is 2.78 bits per heavy atom. The third-order valence-corrected chi connectivity index (χ3v) is 4.04. The van der Waals surface area contributed by atoms with E-state index in [0.717, 1.165) is 19.3 Å². The predicted octanol–water partition coefficient (Wildman–Crippen LogP) is 3.42. The quantitative estimate of drug-likeness (QED) is 0.874. The molecule has 1 fully saturated rings. The maximum atomic E-state index is 13.5. The molecule has 0 aromatic heterocycles. The summed E-state index contributed by atoms with van der Waals surface area (Å²) in [5.41, 5.74) is 6.98. The van der Waals surface area contributed by atoms with Crippen LogP contribution in [0.4, 0.5) is 4.39 Å². The van der Waals surface area contributed by atoms with Gasteiger partial charge in [0.2, 0.25) is 0 Å². The molecule has 2 N–H and O–H groups in total. The van der Waals surface area contributed by atoms with Crippen molar-refractivity contribution in [2.75, 3.05) is 0 Å². The van der Waals surface area contributed by atoms with Gasteiger partial charge in [0.15, 0.2) is 0 Å². The zero-order valence-electron chi connectivity index (χ0n) is 11.4. The normalized spacial score (nSPS) is 26.9. The number of hydrogen-bond donors (Lipinski definition) is 1. The molecule has 1 aliphatic carbocycles. The molecule has 0 radical (unpaired) electrons. The van der Waals surface area contributed by atoms with Crippen LogP contribution in [0.25, 0.3) is 0 Å². The third-order valence-electron chi connectivity index (χ3n) is 4.04. The summed E-state index contributed by atoms with van der Waals surface area (Å²) in [5, 5.41) is 0. The van der Waals surface area contributed by atoms with E-state index in [-0.39, 0.29) is 23.4 Å². The van der Waals surface area contributed by atoms with Crippen LogP contribution in [-0.4, -0.2) is 12.1 Å². The molecular formula is C15H22FNO. The largest absolute Gasteiger partial charge is 0.489 e. The second-order valence-corrected chi connectivity index (χ2v) is 5.97. The fourth-order valence-electron chi connectivity index (χ4n) is 2.56. The van der Waals surface area contributed by atoms with Crippen molar-refractivity contribution < 1.29 is 9.13 Å². The van der Waals surface area contributed by atoms with E-state index >= 15 is 0 Å². The van der Waals surface area contributed by atoms with E-state index in [2.05, 4.69) is 13.8 Å². The summed E-state index contributed by atoms with van der Waals surface area (Å²) in [6, 6.07) is 5.00. The summed E-state index contributed by atoms with van der Waals surface area (Å²) in [6.45, 7) is 6.08. The second-order valence-electron chi connectivity index (χ2n) is 5.97. The Labute approximate surface area is 108 Å². The first-order chi connectivity index (χ1) is 8.40. The standard InChI is InChI=1S/C15H22FNO/c1-10-6-7-11(9-12(10)16)18-13-5-4-8-15(2,3)14(13)17/h6-7,9,13-14H,4-5,8,17H2,1-3H3. The summed E-state index contributed by atoms with van der Waals surface area (Å²) < 4.78 is 19.3. The highest BCUT2D eigenvalue weighted by atomic mass is 19.1. The topological polar surface area (TPSA) is 35.2 Å². The van der Waals surface area contributed by atoms with Crippen molar-refractivity contribution in [3.8, 4) is 5.75 Å². The molecule has 1 saturated carbocycles. The number of aryl methyl sites for hydroxylation is 1. The lowest BCUT2D eigenvalue weighted by Gasteiger charge is -2.41. The lowest BCUT2D eigenvalue weighted by molar-refractivity contribution is 0.0565. The highest BCUT2D eigenvalue weighted by Gasteiger charge is 2.37. The number of rotatable bonds is 2. The molecule has 2 rings (SSSR count). The van der Waals surface area contributed by atoms with Crippen LogP contribution < -0.4 is 10.5 Å². The van der Waals surface area contributed by atoms with Gasteiger partial charge in [-0.1, -0.05) is 19.9 Å². The lowest BCUT2D eigenvalue weighted by Crippen LogP contribution is -2.51. The average Bonchev–Trinajstić information content (AvgIpc) is 2.30. The minimum absolute atomic E-state index is 0.00406. The number of halogens is 1. The van der Waals surface area contributed by atoms with Gasteiger partial charge in [-0.3, -0.25) is 0 Å². The molecule has 3 heteroatoms. The maximum absolute atomic E-state index is 13.5.